The van der Waals surface area contributed by atoms with Crippen LogP contribution in [0.3, 0.4) is 0 Å². The molecule has 1 heterocycles. The molecule has 0 radical (unpaired) electrons. The number of nitrogens with zero attached hydrogens (tertiary/aromatic N) is 1. The van der Waals surface area contributed by atoms with E-state index in [2.05, 4.69) is 5.32 Å². The number of hydrogen-bond acceptors (Lipinski definition) is 5. The normalized spacial score (nSPS) is 12.5. The molecule has 0 spiro atoms. The first-order valence-corrected chi connectivity index (χ1v) is 10.1. The molecule has 0 saturated carbocycles. The van der Waals surface area contributed by atoms with Crippen LogP contribution >= 0.6 is 0 Å². The summed E-state index contributed by atoms with van der Waals surface area (Å²) in [5.74, 6) is -2.09. The first kappa shape index (κ1) is 21.8. The predicted octanol–water partition coefficient (Wildman–Crippen LogP) is 3.82. The Labute approximate surface area is 189 Å². The molecule has 3 amide bonds. The Bertz CT molecular complexity index is 1300. The number of amides is 3. The van der Waals surface area contributed by atoms with Crippen LogP contribution in [0.5, 0.6) is 5.75 Å². The Morgan fingerprint density at radius 1 is 0.939 bits per heavy atom. The monoisotopic (exact) mass is 444 g/mol. The van der Waals surface area contributed by atoms with Gasteiger partial charge in [-0.1, -0.05) is 12.1 Å². The number of carboxylic acid groups (broad SMARTS) is 1. The van der Waals surface area contributed by atoms with Gasteiger partial charge in [-0.05, 0) is 73.5 Å². The van der Waals surface area contributed by atoms with E-state index < -0.39 is 30.3 Å². The molecule has 8 heteroatoms. The van der Waals surface area contributed by atoms with Crippen molar-refractivity contribution >= 4 is 35.1 Å². The van der Waals surface area contributed by atoms with Crippen molar-refractivity contribution in [2.45, 2.75) is 13.8 Å². The minimum absolute atomic E-state index is 0.172. The van der Waals surface area contributed by atoms with Gasteiger partial charge in [-0.3, -0.25) is 14.4 Å². The molecule has 3 aromatic carbocycles. The molecule has 4 rings (SSSR count). The smallest absolute Gasteiger partial charge is 0.341 e. The van der Waals surface area contributed by atoms with Gasteiger partial charge in [0.1, 0.15) is 5.75 Å². The van der Waals surface area contributed by atoms with Crippen molar-refractivity contribution < 1.29 is 29.0 Å². The van der Waals surface area contributed by atoms with Gasteiger partial charge in [-0.2, -0.15) is 0 Å². The Kier molecular flexibility index (Phi) is 5.66. The summed E-state index contributed by atoms with van der Waals surface area (Å²) in [7, 11) is 0. The lowest BCUT2D eigenvalue weighted by molar-refractivity contribution is -0.139. The van der Waals surface area contributed by atoms with Crippen LogP contribution in [0.25, 0.3) is 0 Å². The van der Waals surface area contributed by atoms with Gasteiger partial charge in [0.25, 0.3) is 17.7 Å². The molecule has 1 aliphatic rings. The van der Waals surface area contributed by atoms with Crippen LogP contribution in [-0.4, -0.2) is 35.4 Å². The van der Waals surface area contributed by atoms with Crippen molar-refractivity contribution in [3.8, 4) is 5.75 Å². The van der Waals surface area contributed by atoms with E-state index in [1.54, 1.807) is 24.3 Å². The number of aliphatic carboxylic acids is 1. The van der Waals surface area contributed by atoms with Crippen LogP contribution in [0.2, 0.25) is 0 Å². The van der Waals surface area contributed by atoms with Gasteiger partial charge in [0, 0.05) is 11.3 Å². The van der Waals surface area contributed by atoms with Gasteiger partial charge in [0.05, 0.1) is 16.8 Å². The number of imide groups is 1. The molecule has 33 heavy (non-hydrogen) atoms. The van der Waals surface area contributed by atoms with Crippen molar-refractivity contribution in [2.24, 2.45) is 0 Å². The second-order valence-corrected chi connectivity index (χ2v) is 7.59. The standard InChI is InChI=1S/C25H20N2O6/c1-14-4-3-5-21(15(14)2)27-24(31)19-11-6-16(12-20(19)25(27)32)23(30)26-17-7-9-18(10-8-17)33-13-22(28)29/h3-12H,13H2,1-2H3,(H,26,30)(H,28,29). The summed E-state index contributed by atoms with van der Waals surface area (Å²) in [6, 6.07) is 16.0. The van der Waals surface area contributed by atoms with Gasteiger partial charge in [-0.15, -0.1) is 0 Å². The van der Waals surface area contributed by atoms with Gasteiger partial charge >= 0.3 is 5.97 Å². The lowest BCUT2D eigenvalue weighted by atomic mass is 10.1. The largest absolute Gasteiger partial charge is 0.482 e. The lowest BCUT2D eigenvalue weighted by Gasteiger charge is -2.17. The zero-order valence-electron chi connectivity index (χ0n) is 17.9. The number of fused-ring (bicyclic) bond motifs is 1. The molecular formula is C25H20N2O6. The number of carbonyl (C=O) groups is 4. The Morgan fingerprint density at radius 3 is 2.33 bits per heavy atom. The fourth-order valence-corrected chi connectivity index (χ4v) is 3.56. The van der Waals surface area contributed by atoms with Crippen molar-refractivity contribution in [1.82, 2.24) is 0 Å². The van der Waals surface area contributed by atoms with E-state index in [-0.39, 0.29) is 16.7 Å². The number of anilines is 2. The Morgan fingerprint density at radius 2 is 1.64 bits per heavy atom. The fourth-order valence-electron chi connectivity index (χ4n) is 3.56. The number of nitrogens with one attached hydrogen (secondary N) is 1. The third kappa shape index (κ3) is 4.18. The maximum Gasteiger partial charge on any atom is 0.341 e. The van der Waals surface area contributed by atoms with Crippen LogP contribution < -0.4 is 15.0 Å². The zero-order valence-corrected chi connectivity index (χ0v) is 17.9. The number of carbonyl (C=O) groups excluding carboxylic acids is 3. The maximum atomic E-state index is 13.1. The van der Waals surface area contributed by atoms with Gasteiger partial charge in [0.2, 0.25) is 0 Å². The molecular weight excluding hydrogens is 424 g/mol. The summed E-state index contributed by atoms with van der Waals surface area (Å²) in [6.45, 7) is 3.29. The van der Waals surface area contributed by atoms with Crippen molar-refractivity contribution in [1.29, 1.82) is 0 Å². The van der Waals surface area contributed by atoms with Crippen LogP contribution in [0.4, 0.5) is 11.4 Å². The second kappa shape index (κ2) is 8.58. The average Bonchev–Trinajstić information content (AvgIpc) is 3.04. The molecule has 0 fully saturated rings. The highest BCUT2D eigenvalue weighted by molar-refractivity contribution is 6.35. The van der Waals surface area contributed by atoms with E-state index in [1.165, 1.54) is 30.3 Å². The fraction of sp³-hybridized carbons (Fsp3) is 0.120. The van der Waals surface area contributed by atoms with Gasteiger partial charge < -0.3 is 15.2 Å². The quantitative estimate of drug-likeness (QED) is 0.559. The average molecular weight is 444 g/mol. The van der Waals surface area contributed by atoms with E-state index >= 15 is 0 Å². The molecule has 3 aromatic rings. The van der Waals surface area contributed by atoms with Crippen molar-refractivity contribution in [3.63, 3.8) is 0 Å². The number of aryl methyl sites for hydroxylation is 1. The number of carboxylic acids is 1. The molecule has 0 unspecified atom stereocenters. The molecule has 0 bridgehead atoms. The second-order valence-electron chi connectivity index (χ2n) is 7.59. The molecule has 0 atom stereocenters. The molecule has 0 aliphatic carbocycles. The number of rotatable bonds is 6. The Balaban J connectivity index is 1.54. The highest BCUT2D eigenvalue weighted by atomic mass is 16.5. The highest BCUT2D eigenvalue weighted by Gasteiger charge is 2.37. The van der Waals surface area contributed by atoms with E-state index in [1.807, 2.05) is 19.9 Å². The van der Waals surface area contributed by atoms with E-state index in [4.69, 9.17) is 9.84 Å². The van der Waals surface area contributed by atoms with Gasteiger partial charge in [0.15, 0.2) is 6.61 Å². The van der Waals surface area contributed by atoms with Crippen molar-refractivity contribution in [3.05, 3.63) is 88.5 Å². The topological polar surface area (TPSA) is 113 Å². The number of benzene rings is 3. The maximum absolute atomic E-state index is 13.1. The number of hydrogen-bond donors (Lipinski definition) is 2. The number of ether oxygens (including phenoxy) is 1. The molecule has 2 N–H and O–H groups in total. The first-order chi connectivity index (χ1) is 15.8. The molecule has 0 aromatic heterocycles. The third-order valence-electron chi connectivity index (χ3n) is 5.44. The minimum atomic E-state index is -1.09. The van der Waals surface area contributed by atoms with E-state index in [0.29, 0.717) is 17.1 Å². The van der Waals surface area contributed by atoms with E-state index in [0.717, 1.165) is 16.0 Å². The predicted molar refractivity (Wildman–Crippen MR) is 121 cm³/mol. The first-order valence-electron chi connectivity index (χ1n) is 10.1. The highest BCUT2D eigenvalue weighted by Crippen LogP contribution is 2.32. The summed E-state index contributed by atoms with van der Waals surface area (Å²) in [4.78, 5) is 50.4. The molecule has 166 valence electrons. The third-order valence-corrected chi connectivity index (χ3v) is 5.44. The zero-order chi connectivity index (χ0) is 23.7. The van der Waals surface area contributed by atoms with Gasteiger partial charge in [-0.25, -0.2) is 9.69 Å². The van der Waals surface area contributed by atoms with Crippen LogP contribution in [-0.2, 0) is 4.79 Å². The van der Waals surface area contributed by atoms with Crippen LogP contribution in [0.1, 0.15) is 42.2 Å². The summed E-state index contributed by atoms with van der Waals surface area (Å²) in [5.41, 5.74) is 3.43. The summed E-state index contributed by atoms with van der Waals surface area (Å²) >= 11 is 0. The lowest BCUT2D eigenvalue weighted by Crippen LogP contribution is -2.30. The molecule has 0 saturated heterocycles. The van der Waals surface area contributed by atoms with Crippen LogP contribution in [0, 0.1) is 13.8 Å². The molecule has 1 aliphatic heterocycles. The summed E-state index contributed by atoms with van der Waals surface area (Å²) in [5, 5.41) is 11.4. The van der Waals surface area contributed by atoms with E-state index in [9.17, 15) is 19.2 Å². The molecule has 8 nitrogen and oxygen atoms in total. The van der Waals surface area contributed by atoms with Crippen LogP contribution in [0.15, 0.2) is 60.7 Å². The minimum Gasteiger partial charge on any atom is -0.482 e. The Hall–Kier alpha value is -4.46. The SMILES string of the molecule is Cc1cccc(N2C(=O)c3ccc(C(=O)Nc4ccc(OCC(=O)O)cc4)cc3C2=O)c1C. The summed E-state index contributed by atoms with van der Waals surface area (Å²) < 4.78 is 5.06. The van der Waals surface area contributed by atoms with Crippen molar-refractivity contribution in [2.75, 3.05) is 16.8 Å². The summed E-state index contributed by atoms with van der Waals surface area (Å²) in [6.07, 6.45) is 0.